The van der Waals surface area contributed by atoms with Crippen LogP contribution in [-0.4, -0.2) is 28.7 Å². The second kappa shape index (κ2) is 5.13. The average Bonchev–Trinajstić information content (AvgIpc) is 2.77. The number of fused-ring (bicyclic) bond motifs is 1. The van der Waals surface area contributed by atoms with E-state index in [0.717, 1.165) is 42.5 Å². The molecule has 1 unspecified atom stereocenters. The highest BCUT2D eigenvalue weighted by molar-refractivity contribution is 5.89. The molecule has 1 aromatic heterocycles. The molecular formula is C15H19N3O. The Kier molecular flexibility index (Phi) is 3.34. The summed E-state index contributed by atoms with van der Waals surface area (Å²) in [6, 6.07) is 8.09. The van der Waals surface area contributed by atoms with Crippen molar-refractivity contribution in [2.75, 3.05) is 13.1 Å². The average molecular weight is 257 g/mol. The first-order valence-electron chi connectivity index (χ1n) is 6.90. The molecular weight excluding hydrogens is 238 g/mol. The lowest BCUT2D eigenvalue weighted by Crippen LogP contribution is -2.35. The molecule has 2 heterocycles. The third kappa shape index (κ3) is 2.40. The van der Waals surface area contributed by atoms with Crippen molar-refractivity contribution in [1.82, 2.24) is 15.1 Å². The zero-order valence-electron chi connectivity index (χ0n) is 11.2. The fourth-order valence-electron chi connectivity index (χ4n) is 2.86. The van der Waals surface area contributed by atoms with E-state index in [-0.39, 0.29) is 5.92 Å². The molecule has 1 aliphatic heterocycles. The topological polar surface area (TPSA) is 46.9 Å². The van der Waals surface area contributed by atoms with E-state index < -0.39 is 0 Å². The van der Waals surface area contributed by atoms with Gasteiger partial charge in [-0.2, -0.15) is 5.10 Å². The number of nitrogens with one attached hydrogen (secondary N) is 1. The first-order chi connectivity index (χ1) is 9.25. The van der Waals surface area contributed by atoms with Crippen LogP contribution in [0.1, 0.15) is 18.5 Å². The zero-order chi connectivity index (χ0) is 13.2. The molecule has 19 heavy (non-hydrogen) atoms. The van der Waals surface area contributed by atoms with Crippen LogP contribution in [0.5, 0.6) is 0 Å². The molecule has 4 nitrogen and oxygen atoms in total. The zero-order valence-corrected chi connectivity index (χ0v) is 11.2. The summed E-state index contributed by atoms with van der Waals surface area (Å²) in [7, 11) is 1.93. The molecule has 2 aromatic rings. The molecule has 1 saturated heterocycles. The highest BCUT2D eigenvalue weighted by Crippen LogP contribution is 2.20. The number of carbonyl (C=O) groups excluding carboxylic acids is 1. The Labute approximate surface area is 112 Å². The molecule has 1 fully saturated rings. The van der Waals surface area contributed by atoms with Crippen molar-refractivity contribution in [2.45, 2.75) is 19.3 Å². The summed E-state index contributed by atoms with van der Waals surface area (Å²) in [5.74, 6) is 0.477. The number of Topliss-reactive ketones (excluding diaryl/α,β-unsaturated/α-hetero) is 1. The highest BCUT2D eigenvalue weighted by atomic mass is 16.1. The third-order valence-corrected chi connectivity index (χ3v) is 3.93. The van der Waals surface area contributed by atoms with Gasteiger partial charge in [-0.15, -0.1) is 0 Å². The second-order valence-electron chi connectivity index (χ2n) is 5.27. The van der Waals surface area contributed by atoms with Crippen LogP contribution >= 0.6 is 0 Å². The van der Waals surface area contributed by atoms with Gasteiger partial charge in [0.2, 0.25) is 0 Å². The maximum absolute atomic E-state index is 12.3. The van der Waals surface area contributed by atoms with Crippen molar-refractivity contribution < 1.29 is 4.79 Å². The molecule has 1 aromatic carbocycles. The fourth-order valence-corrected chi connectivity index (χ4v) is 2.86. The van der Waals surface area contributed by atoms with Crippen LogP contribution in [0.3, 0.4) is 0 Å². The van der Waals surface area contributed by atoms with Gasteiger partial charge in [0.25, 0.3) is 0 Å². The van der Waals surface area contributed by atoms with E-state index in [2.05, 4.69) is 10.4 Å². The number of para-hydroxylation sites is 1. The molecule has 1 aliphatic rings. The first kappa shape index (κ1) is 12.4. The van der Waals surface area contributed by atoms with Gasteiger partial charge in [-0.1, -0.05) is 18.2 Å². The largest absolute Gasteiger partial charge is 0.316 e. The Balaban J connectivity index is 1.83. The Morgan fingerprint density at radius 1 is 1.47 bits per heavy atom. The van der Waals surface area contributed by atoms with E-state index in [0.29, 0.717) is 12.2 Å². The van der Waals surface area contributed by atoms with Gasteiger partial charge in [0.15, 0.2) is 0 Å². The van der Waals surface area contributed by atoms with Gasteiger partial charge < -0.3 is 5.32 Å². The lowest BCUT2D eigenvalue weighted by Gasteiger charge is -2.21. The molecule has 3 rings (SSSR count). The molecule has 0 amide bonds. The summed E-state index contributed by atoms with van der Waals surface area (Å²) in [5, 5.41) is 8.90. The summed E-state index contributed by atoms with van der Waals surface area (Å²) in [6.07, 6.45) is 2.56. The summed E-state index contributed by atoms with van der Waals surface area (Å²) < 4.78 is 1.86. The molecule has 0 spiro atoms. The van der Waals surface area contributed by atoms with Gasteiger partial charge in [-0.05, 0) is 25.5 Å². The molecule has 0 bridgehead atoms. The van der Waals surface area contributed by atoms with Gasteiger partial charge in [0.1, 0.15) is 5.78 Å². The third-order valence-electron chi connectivity index (χ3n) is 3.93. The number of rotatable bonds is 3. The standard InChI is InChI=1S/C15H19N3O/c1-18-14-7-3-2-6-12(14)13(17-18)9-15(19)11-5-4-8-16-10-11/h2-3,6-7,11,16H,4-5,8-10H2,1H3. The van der Waals surface area contributed by atoms with Gasteiger partial charge in [0.05, 0.1) is 17.6 Å². The van der Waals surface area contributed by atoms with Crippen LogP contribution in [0.4, 0.5) is 0 Å². The highest BCUT2D eigenvalue weighted by Gasteiger charge is 2.22. The van der Waals surface area contributed by atoms with Crippen LogP contribution in [-0.2, 0) is 18.3 Å². The van der Waals surface area contributed by atoms with Crippen LogP contribution in [0, 0.1) is 5.92 Å². The van der Waals surface area contributed by atoms with Crippen LogP contribution in [0.15, 0.2) is 24.3 Å². The van der Waals surface area contributed by atoms with Crippen LogP contribution in [0.25, 0.3) is 10.9 Å². The number of nitrogens with zero attached hydrogens (tertiary/aromatic N) is 2. The summed E-state index contributed by atoms with van der Waals surface area (Å²) in [5.41, 5.74) is 2.00. The minimum absolute atomic E-state index is 0.162. The first-order valence-corrected chi connectivity index (χ1v) is 6.90. The van der Waals surface area contributed by atoms with Crippen molar-refractivity contribution in [3.05, 3.63) is 30.0 Å². The predicted octanol–water partition coefficient (Wildman–Crippen LogP) is 1.68. The van der Waals surface area contributed by atoms with E-state index in [4.69, 9.17) is 0 Å². The van der Waals surface area contributed by atoms with E-state index in [1.54, 1.807) is 0 Å². The number of carbonyl (C=O) groups is 1. The molecule has 100 valence electrons. The van der Waals surface area contributed by atoms with Crippen molar-refractivity contribution >= 4 is 16.7 Å². The fraction of sp³-hybridized carbons (Fsp3) is 0.467. The van der Waals surface area contributed by atoms with Gasteiger partial charge in [-0.3, -0.25) is 9.48 Å². The number of hydrogen-bond acceptors (Lipinski definition) is 3. The smallest absolute Gasteiger partial charge is 0.143 e. The Hall–Kier alpha value is -1.68. The molecule has 4 heteroatoms. The monoisotopic (exact) mass is 257 g/mol. The maximum atomic E-state index is 12.3. The normalized spacial score (nSPS) is 19.7. The molecule has 0 radical (unpaired) electrons. The predicted molar refractivity (Wildman–Crippen MR) is 75.0 cm³/mol. The lowest BCUT2D eigenvalue weighted by molar-refractivity contribution is -0.122. The second-order valence-corrected chi connectivity index (χ2v) is 5.27. The Morgan fingerprint density at radius 3 is 3.11 bits per heavy atom. The van der Waals surface area contributed by atoms with Crippen LogP contribution in [0.2, 0.25) is 0 Å². The molecule has 1 atom stereocenters. The minimum Gasteiger partial charge on any atom is -0.316 e. The van der Waals surface area contributed by atoms with E-state index in [1.165, 1.54) is 0 Å². The van der Waals surface area contributed by atoms with Crippen molar-refractivity contribution in [2.24, 2.45) is 13.0 Å². The maximum Gasteiger partial charge on any atom is 0.143 e. The van der Waals surface area contributed by atoms with Crippen molar-refractivity contribution in [3.8, 4) is 0 Å². The van der Waals surface area contributed by atoms with E-state index >= 15 is 0 Å². The van der Waals surface area contributed by atoms with Crippen molar-refractivity contribution in [3.63, 3.8) is 0 Å². The van der Waals surface area contributed by atoms with Crippen LogP contribution < -0.4 is 5.32 Å². The molecule has 0 saturated carbocycles. The van der Waals surface area contributed by atoms with Gasteiger partial charge in [-0.25, -0.2) is 0 Å². The number of benzene rings is 1. The SMILES string of the molecule is Cn1nc(CC(=O)C2CCCNC2)c2ccccc21. The summed E-state index contributed by atoms with van der Waals surface area (Å²) in [6.45, 7) is 1.86. The number of hydrogen-bond donors (Lipinski definition) is 1. The Bertz CT molecular complexity index is 596. The molecule has 0 aliphatic carbocycles. The number of ketones is 1. The quantitative estimate of drug-likeness (QED) is 0.910. The van der Waals surface area contributed by atoms with Gasteiger partial charge in [0, 0.05) is 24.9 Å². The minimum atomic E-state index is 0.162. The number of aryl methyl sites for hydroxylation is 1. The van der Waals surface area contributed by atoms with Crippen molar-refractivity contribution in [1.29, 1.82) is 0 Å². The van der Waals surface area contributed by atoms with E-state index in [9.17, 15) is 4.79 Å². The Morgan fingerprint density at radius 2 is 2.32 bits per heavy atom. The molecule has 1 N–H and O–H groups in total. The van der Waals surface area contributed by atoms with E-state index in [1.807, 2.05) is 36.0 Å². The number of piperidine rings is 1. The summed E-state index contributed by atoms with van der Waals surface area (Å²) >= 11 is 0. The summed E-state index contributed by atoms with van der Waals surface area (Å²) in [4.78, 5) is 12.3. The lowest BCUT2D eigenvalue weighted by atomic mass is 9.92. The number of aromatic nitrogens is 2. The van der Waals surface area contributed by atoms with Gasteiger partial charge >= 0.3 is 0 Å².